The molecule has 3 heterocycles. The molecule has 24 heavy (non-hydrogen) atoms. The number of anilines is 1. The first-order valence-corrected chi connectivity index (χ1v) is 8.30. The Morgan fingerprint density at radius 3 is 3.00 bits per heavy atom. The van der Waals surface area contributed by atoms with Crippen LogP contribution in [0.3, 0.4) is 0 Å². The minimum absolute atomic E-state index is 0.0845. The van der Waals surface area contributed by atoms with Crippen LogP contribution in [-0.2, 0) is 11.3 Å². The molecule has 3 rings (SSSR count). The van der Waals surface area contributed by atoms with Gasteiger partial charge in [-0.25, -0.2) is 9.78 Å². The van der Waals surface area contributed by atoms with Crippen LogP contribution >= 0.6 is 0 Å². The van der Waals surface area contributed by atoms with E-state index in [1.807, 2.05) is 37.0 Å². The van der Waals surface area contributed by atoms with Gasteiger partial charge in [-0.3, -0.25) is 10.00 Å². The summed E-state index contributed by atoms with van der Waals surface area (Å²) in [6.45, 7) is 5.50. The van der Waals surface area contributed by atoms with Gasteiger partial charge in [-0.05, 0) is 38.3 Å². The minimum Gasteiger partial charge on any atom is -0.371 e. The van der Waals surface area contributed by atoms with E-state index in [1.54, 1.807) is 12.3 Å². The largest absolute Gasteiger partial charge is 0.371 e. The number of ether oxygens (including phenoxy) is 1. The Bertz CT molecular complexity index is 683. The van der Waals surface area contributed by atoms with Crippen molar-refractivity contribution in [3.63, 3.8) is 0 Å². The summed E-state index contributed by atoms with van der Waals surface area (Å²) in [4.78, 5) is 16.5. The molecule has 7 nitrogen and oxygen atoms in total. The quantitative estimate of drug-likeness (QED) is 0.903. The van der Waals surface area contributed by atoms with Crippen LogP contribution in [0.25, 0.3) is 0 Å². The number of carbonyl (C=O) groups is 1. The molecule has 0 spiro atoms. The zero-order valence-electron chi connectivity index (χ0n) is 14.0. The first-order chi connectivity index (χ1) is 11.7. The molecule has 0 aromatic carbocycles. The van der Waals surface area contributed by atoms with Gasteiger partial charge >= 0.3 is 6.03 Å². The Labute approximate surface area is 141 Å². The van der Waals surface area contributed by atoms with E-state index in [2.05, 4.69) is 20.7 Å². The molecule has 128 valence electrons. The average molecular weight is 329 g/mol. The number of aryl methyl sites for hydroxylation is 2. The predicted octanol–water partition coefficient (Wildman–Crippen LogP) is 2.65. The van der Waals surface area contributed by atoms with E-state index in [4.69, 9.17) is 4.74 Å². The second-order valence-electron chi connectivity index (χ2n) is 5.99. The fraction of sp³-hybridized carbons (Fsp3) is 0.471. The van der Waals surface area contributed by atoms with Crippen molar-refractivity contribution in [3.05, 3.63) is 41.9 Å². The maximum Gasteiger partial charge on any atom is 0.320 e. The standard InChI is InChI=1S/C17H23N5O2/c1-3-22-11-13(10-19-22)16-14(5-4-8-24-16)20-17(23)21-15-7-6-12(2)9-18-15/h6-7,9-11,14,16H,3-5,8H2,1-2H3,(H2,18,20,21,23)/t14-,16+/m0/s1. The van der Waals surface area contributed by atoms with Crippen LogP contribution < -0.4 is 10.6 Å². The van der Waals surface area contributed by atoms with E-state index in [0.29, 0.717) is 12.4 Å². The van der Waals surface area contributed by atoms with Gasteiger partial charge in [-0.15, -0.1) is 0 Å². The Morgan fingerprint density at radius 1 is 1.42 bits per heavy atom. The van der Waals surface area contributed by atoms with Crippen LogP contribution in [0.15, 0.2) is 30.7 Å². The van der Waals surface area contributed by atoms with Gasteiger partial charge in [0.1, 0.15) is 11.9 Å². The summed E-state index contributed by atoms with van der Waals surface area (Å²) >= 11 is 0. The lowest BCUT2D eigenvalue weighted by molar-refractivity contribution is -0.00701. The molecule has 0 radical (unpaired) electrons. The molecule has 2 aromatic heterocycles. The third kappa shape index (κ3) is 3.91. The Morgan fingerprint density at radius 2 is 2.29 bits per heavy atom. The Kier molecular flexibility index (Phi) is 5.10. The average Bonchev–Trinajstić information content (AvgIpc) is 3.06. The van der Waals surface area contributed by atoms with Gasteiger partial charge in [0.2, 0.25) is 0 Å². The highest BCUT2D eigenvalue weighted by Crippen LogP contribution is 2.28. The zero-order valence-corrected chi connectivity index (χ0v) is 14.0. The van der Waals surface area contributed by atoms with Crippen LogP contribution in [0.2, 0.25) is 0 Å². The molecule has 1 aliphatic rings. The molecule has 2 N–H and O–H groups in total. The van der Waals surface area contributed by atoms with Crippen LogP contribution in [0, 0.1) is 6.92 Å². The summed E-state index contributed by atoms with van der Waals surface area (Å²) in [6.07, 6.45) is 7.14. The van der Waals surface area contributed by atoms with Crippen molar-refractivity contribution in [2.45, 2.75) is 45.4 Å². The number of rotatable bonds is 4. The number of nitrogens with zero attached hydrogens (tertiary/aromatic N) is 3. The second kappa shape index (κ2) is 7.44. The van der Waals surface area contributed by atoms with Crippen molar-refractivity contribution >= 4 is 11.8 Å². The molecular weight excluding hydrogens is 306 g/mol. The van der Waals surface area contributed by atoms with E-state index < -0.39 is 0 Å². The van der Waals surface area contributed by atoms with Crippen molar-refractivity contribution in [1.82, 2.24) is 20.1 Å². The molecule has 0 aliphatic carbocycles. The van der Waals surface area contributed by atoms with E-state index in [1.165, 1.54) is 0 Å². The number of hydrogen-bond donors (Lipinski definition) is 2. The van der Waals surface area contributed by atoms with Crippen molar-refractivity contribution in [2.24, 2.45) is 0 Å². The molecule has 1 aliphatic heterocycles. The third-order valence-corrected chi connectivity index (χ3v) is 4.10. The fourth-order valence-electron chi connectivity index (χ4n) is 2.82. The van der Waals surface area contributed by atoms with E-state index >= 15 is 0 Å². The number of hydrogen-bond acceptors (Lipinski definition) is 4. The Balaban J connectivity index is 1.64. The number of urea groups is 1. The number of nitrogens with one attached hydrogen (secondary N) is 2. The first-order valence-electron chi connectivity index (χ1n) is 8.30. The SMILES string of the molecule is CCn1cc([C@H]2OCCC[C@@H]2NC(=O)Nc2ccc(C)cn2)cn1. The van der Waals surface area contributed by atoms with E-state index in [9.17, 15) is 4.79 Å². The van der Waals surface area contributed by atoms with Crippen molar-refractivity contribution in [3.8, 4) is 0 Å². The summed E-state index contributed by atoms with van der Waals surface area (Å²) in [5, 5.41) is 10.1. The molecule has 0 saturated carbocycles. The molecule has 2 aromatic rings. The zero-order chi connectivity index (χ0) is 16.9. The first kappa shape index (κ1) is 16.4. The van der Waals surface area contributed by atoms with E-state index in [0.717, 1.165) is 30.5 Å². The Hall–Kier alpha value is -2.41. The topological polar surface area (TPSA) is 81.1 Å². The van der Waals surface area contributed by atoms with Gasteiger partial charge in [-0.1, -0.05) is 6.07 Å². The maximum absolute atomic E-state index is 12.3. The molecule has 0 unspecified atom stereocenters. The monoisotopic (exact) mass is 329 g/mol. The summed E-state index contributed by atoms with van der Waals surface area (Å²) < 4.78 is 7.75. The van der Waals surface area contributed by atoms with Crippen molar-refractivity contribution in [2.75, 3.05) is 11.9 Å². The lowest BCUT2D eigenvalue weighted by Crippen LogP contribution is -2.44. The second-order valence-corrected chi connectivity index (χ2v) is 5.99. The fourth-order valence-corrected chi connectivity index (χ4v) is 2.82. The number of pyridine rings is 1. The van der Waals surface area contributed by atoms with E-state index in [-0.39, 0.29) is 18.2 Å². The minimum atomic E-state index is -0.269. The van der Waals surface area contributed by atoms with Gasteiger partial charge in [-0.2, -0.15) is 5.10 Å². The molecular formula is C17H23N5O2. The summed E-state index contributed by atoms with van der Waals surface area (Å²) in [7, 11) is 0. The van der Waals surface area contributed by atoms with Gasteiger partial charge in [0.15, 0.2) is 0 Å². The molecule has 1 fully saturated rings. The lowest BCUT2D eigenvalue weighted by Gasteiger charge is -2.31. The smallest absolute Gasteiger partial charge is 0.320 e. The number of amides is 2. The van der Waals surface area contributed by atoms with Gasteiger partial charge < -0.3 is 10.1 Å². The van der Waals surface area contributed by atoms with Crippen molar-refractivity contribution < 1.29 is 9.53 Å². The van der Waals surface area contributed by atoms with Gasteiger partial charge in [0.25, 0.3) is 0 Å². The number of aromatic nitrogens is 3. The van der Waals surface area contributed by atoms with Gasteiger partial charge in [0, 0.05) is 31.1 Å². The predicted molar refractivity (Wildman–Crippen MR) is 90.7 cm³/mol. The van der Waals surface area contributed by atoms with Crippen LogP contribution in [-0.4, -0.2) is 33.4 Å². The molecule has 2 amide bonds. The van der Waals surface area contributed by atoms with Crippen LogP contribution in [0.1, 0.15) is 37.0 Å². The molecule has 7 heteroatoms. The lowest BCUT2D eigenvalue weighted by atomic mass is 9.98. The van der Waals surface area contributed by atoms with Crippen molar-refractivity contribution in [1.29, 1.82) is 0 Å². The normalized spacial score (nSPS) is 20.6. The number of carbonyl (C=O) groups excluding carboxylic acids is 1. The summed E-state index contributed by atoms with van der Waals surface area (Å²) in [6, 6.07) is 3.34. The highest BCUT2D eigenvalue weighted by Gasteiger charge is 2.29. The summed E-state index contributed by atoms with van der Waals surface area (Å²) in [5.74, 6) is 0.533. The molecule has 0 bridgehead atoms. The highest BCUT2D eigenvalue weighted by atomic mass is 16.5. The maximum atomic E-state index is 12.3. The third-order valence-electron chi connectivity index (χ3n) is 4.10. The van der Waals surface area contributed by atoms with Gasteiger partial charge in [0.05, 0.1) is 12.2 Å². The van der Waals surface area contributed by atoms with Crippen LogP contribution in [0.4, 0.5) is 10.6 Å². The molecule has 2 atom stereocenters. The van der Waals surface area contributed by atoms with Crippen LogP contribution in [0.5, 0.6) is 0 Å². The molecule has 1 saturated heterocycles. The highest BCUT2D eigenvalue weighted by molar-refractivity contribution is 5.88. The summed E-state index contributed by atoms with van der Waals surface area (Å²) in [5.41, 5.74) is 2.05.